The van der Waals surface area contributed by atoms with Crippen LogP contribution in [0.25, 0.3) is 5.76 Å². The van der Waals surface area contributed by atoms with Gasteiger partial charge >= 0.3 is 18.3 Å². The minimum Gasteiger partial charge on any atom is -0.507 e. The van der Waals surface area contributed by atoms with E-state index in [2.05, 4.69) is 4.74 Å². The molecular weight excluding hydrogens is 325 g/mol. The molecule has 0 heterocycles. The summed E-state index contributed by atoms with van der Waals surface area (Å²) in [4.78, 5) is 11.1. The smallest absolute Gasteiger partial charge is 0.434 e. The van der Waals surface area contributed by atoms with Gasteiger partial charge < -0.3 is 9.84 Å². The van der Waals surface area contributed by atoms with Crippen LogP contribution in [0.3, 0.4) is 0 Å². The molecule has 3 nitrogen and oxygen atoms in total. The topological polar surface area (TPSA) is 46.5 Å². The molecule has 1 rings (SSSR count). The first kappa shape index (κ1) is 17.8. The molecule has 0 bridgehead atoms. The third-order valence-corrected chi connectivity index (χ3v) is 2.20. The molecule has 0 saturated heterocycles. The number of hydrogen-bond donors (Lipinski definition) is 1. The third kappa shape index (κ3) is 4.93. The standard InChI is InChI=1S/C12H7F7O3/c13-7-3-1-2-6(4-7)8(20)5-9(21)22-10(11(14,15)16)12(17,18)19/h1-5,10,20H. The van der Waals surface area contributed by atoms with Gasteiger partial charge in [0.25, 0.3) is 6.10 Å². The highest BCUT2D eigenvalue weighted by Gasteiger charge is 2.59. The van der Waals surface area contributed by atoms with Crippen LogP contribution >= 0.6 is 0 Å². The van der Waals surface area contributed by atoms with E-state index in [1.165, 1.54) is 0 Å². The van der Waals surface area contributed by atoms with Crippen molar-refractivity contribution in [1.82, 2.24) is 0 Å². The minimum absolute atomic E-state index is 0.0146. The van der Waals surface area contributed by atoms with Gasteiger partial charge in [-0.1, -0.05) is 12.1 Å². The lowest BCUT2D eigenvalue weighted by Crippen LogP contribution is -2.45. The molecule has 1 aromatic carbocycles. The molecule has 10 heteroatoms. The SMILES string of the molecule is O=C(C=C(O)c1cccc(F)c1)OC(C(F)(F)F)C(F)(F)F. The first-order valence-electron chi connectivity index (χ1n) is 5.42. The van der Waals surface area contributed by atoms with E-state index in [-0.39, 0.29) is 11.6 Å². The Labute approximate surface area is 118 Å². The minimum atomic E-state index is -5.86. The van der Waals surface area contributed by atoms with E-state index in [4.69, 9.17) is 0 Å². The lowest BCUT2D eigenvalue weighted by Gasteiger charge is -2.22. The number of benzene rings is 1. The van der Waals surface area contributed by atoms with Gasteiger partial charge in [-0.25, -0.2) is 9.18 Å². The Kier molecular flexibility index (Phi) is 5.05. The number of halogens is 7. The Balaban J connectivity index is 2.94. The number of rotatable bonds is 3. The van der Waals surface area contributed by atoms with Crippen molar-refractivity contribution in [3.05, 3.63) is 41.7 Å². The van der Waals surface area contributed by atoms with Crippen LogP contribution in [0.1, 0.15) is 5.56 Å². The van der Waals surface area contributed by atoms with Crippen molar-refractivity contribution in [2.45, 2.75) is 18.5 Å². The molecule has 0 amide bonds. The molecule has 22 heavy (non-hydrogen) atoms. The van der Waals surface area contributed by atoms with E-state index >= 15 is 0 Å². The summed E-state index contributed by atoms with van der Waals surface area (Å²) in [5.74, 6) is -3.97. The summed E-state index contributed by atoms with van der Waals surface area (Å²) in [6, 6.07) is 3.87. The largest absolute Gasteiger partial charge is 0.507 e. The first-order chi connectivity index (χ1) is 9.91. The number of ether oxygens (including phenoxy) is 1. The maximum atomic E-state index is 12.8. The number of carbonyl (C=O) groups is 1. The summed E-state index contributed by atoms with van der Waals surface area (Å²) in [5, 5.41) is 9.36. The Hall–Kier alpha value is -2.26. The molecule has 1 aromatic rings. The van der Waals surface area contributed by atoms with Crippen molar-refractivity contribution >= 4 is 11.7 Å². The van der Waals surface area contributed by atoms with E-state index in [0.717, 1.165) is 18.2 Å². The molecule has 0 aliphatic carbocycles. The van der Waals surface area contributed by atoms with Gasteiger partial charge in [0.2, 0.25) is 0 Å². The van der Waals surface area contributed by atoms with Gasteiger partial charge in [-0.2, -0.15) is 26.3 Å². The zero-order chi connectivity index (χ0) is 17.1. The number of esters is 1. The monoisotopic (exact) mass is 332 g/mol. The van der Waals surface area contributed by atoms with Crippen LogP contribution in [0.2, 0.25) is 0 Å². The highest BCUT2D eigenvalue weighted by atomic mass is 19.4. The Morgan fingerprint density at radius 1 is 1.14 bits per heavy atom. The zero-order valence-electron chi connectivity index (χ0n) is 10.4. The second kappa shape index (κ2) is 6.24. The van der Waals surface area contributed by atoms with Crippen molar-refractivity contribution in [2.24, 2.45) is 0 Å². The van der Waals surface area contributed by atoms with E-state index in [9.17, 15) is 40.6 Å². The molecule has 0 radical (unpaired) electrons. The number of carbonyl (C=O) groups excluding carboxylic acids is 1. The van der Waals surface area contributed by atoms with Gasteiger partial charge in [-0.3, -0.25) is 0 Å². The predicted octanol–water partition coefficient (Wildman–Crippen LogP) is 3.76. The quantitative estimate of drug-likeness (QED) is 0.397. The first-order valence-corrected chi connectivity index (χ1v) is 5.42. The van der Waals surface area contributed by atoms with Crippen molar-refractivity contribution in [3.8, 4) is 0 Å². The van der Waals surface area contributed by atoms with Crippen LogP contribution in [-0.4, -0.2) is 29.5 Å². The van der Waals surface area contributed by atoms with Crippen LogP contribution < -0.4 is 0 Å². The summed E-state index contributed by atoms with van der Waals surface area (Å²) in [6.45, 7) is 0. The Bertz CT molecular complexity index is 561. The number of alkyl halides is 6. The van der Waals surface area contributed by atoms with Crippen molar-refractivity contribution in [3.63, 3.8) is 0 Å². The van der Waals surface area contributed by atoms with Gasteiger partial charge in [0, 0.05) is 5.56 Å². The molecule has 0 atom stereocenters. The zero-order valence-corrected chi connectivity index (χ0v) is 10.4. The molecule has 0 unspecified atom stereocenters. The normalized spacial score (nSPS) is 13.4. The fourth-order valence-electron chi connectivity index (χ4n) is 1.31. The van der Waals surface area contributed by atoms with Crippen LogP contribution in [0.5, 0.6) is 0 Å². The van der Waals surface area contributed by atoms with Gasteiger partial charge in [0.05, 0.1) is 6.08 Å². The molecule has 0 aliphatic rings. The molecule has 0 spiro atoms. The fraction of sp³-hybridized carbons (Fsp3) is 0.250. The van der Waals surface area contributed by atoms with Crippen LogP contribution in [0, 0.1) is 5.82 Å². The van der Waals surface area contributed by atoms with Gasteiger partial charge in [0.15, 0.2) is 0 Å². The molecular formula is C12H7F7O3. The fourth-order valence-corrected chi connectivity index (χ4v) is 1.31. The van der Waals surface area contributed by atoms with Gasteiger partial charge in [-0.05, 0) is 12.1 Å². The molecule has 0 saturated carbocycles. The van der Waals surface area contributed by atoms with E-state index in [1.807, 2.05) is 0 Å². The molecule has 0 aromatic heterocycles. The second-order valence-electron chi connectivity index (χ2n) is 3.94. The number of hydrogen-bond acceptors (Lipinski definition) is 3. The van der Waals surface area contributed by atoms with Crippen LogP contribution in [-0.2, 0) is 9.53 Å². The van der Waals surface area contributed by atoms with Crippen molar-refractivity contribution < 1.29 is 45.4 Å². The van der Waals surface area contributed by atoms with E-state index in [0.29, 0.717) is 6.07 Å². The average molecular weight is 332 g/mol. The average Bonchev–Trinajstić information content (AvgIpc) is 2.33. The Morgan fingerprint density at radius 2 is 1.68 bits per heavy atom. The summed E-state index contributed by atoms with van der Waals surface area (Å²) >= 11 is 0. The number of aliphatic hydroxyl groups is 1. The lowest BCUT2D eigenvalue weighted by molar-refractivity contribution is -0.312. The van der Waals surface area contributed by atoms with E-state index < -0.39 is 36.0 Å². The third-order valence-electron chi connectivity index (χ3n) is 2.20. The highest BCUT2D eigenvalue weighted by Crippen LogP contribution is 2.35. The van der Waals surface area contributed by atoms with Gasteiger partial charge in [-0.15, -0.1) is 0 Å². The number of aliphatic hydroxyl groups excluding tert-OH is 1. The maximum absolute atomic E-state index is 12.8. The maximum Gasteiger partial charge on any atom is 0.434 e. The summed E-state index contributed by atoms with van der Waals surface area (Å²) in [5.41, 5.74) is -0.326. The van der Waals surface area contributed by atoms with Crippen LogP contribution in [0.15, 0.2) is 30.3 Å². The van der Waals surface area contributed by atoms with Crippen LogP contribution in [0.4, 0.5) is 30.7 Å². The lowest BCUT2D eigenvalue weighted by atomic mass is 10.2. The molecule has 0 fully saturated rings. The summed E-state index contributed by atoms with van der Waals surface area (Å²) < 4.78 is 89.1. The van der Waals surface area contributed by atoms with E-state index in [1.54, 1.807) is 0 Å². The molecule has 1 N–H and O–H groups in total. The molecule has 122 valence electrons. The predicted molar refractivity (Wildman–Crippen MR) is 59.0 cm³/mol. The highest BCUT2D eigenvalue weighted by molar-refractivity contribution is 5.89. The van der Waals surface area contributed by atoms with Gasteiger partial charge in [0.1, 0.15) is 11.6 Å². The second-order valence-corrected chi connectivity index (χ2v) is 3.94. The summed E-state index contributed by atoms with van der Waals surface area (Å²) in [7, 11) is 0. The Morgan fingerprint density at radius 3 is 2.14 bits per heavy atom. The van der Waals surface area contributed by atoms with Crippen molar-refractivity contribution in [2.75, 3.05) is 0 Å². The molecule has 0 aliphatic heterocycles. The van der Waals surface area contributed by atoms with Crippen molar-refractivity contribution in [1.29, 1.82) is 0 Å². The summed E-state index contributed by atoms with van der Waals surface area (Å²) in [6.07, 6.45) is -16.1.